The second-order valence-corrected chi connectivity index (χ2v) is 5.72. The number of likely N-dealkylation sites (N-methyl/N-ethyl adjacent to an activating group) is 1. The normalized spacial score (nSPS) is 20.3. The number of carbonyl (C=O) groups is 2. The maximum atomic E-state index is 12.2. The van der Waals surface area contributed by atoms with Crippen LogP contribution >= 0.6 is 0 Å². The van der Waals surface area contributed by atoms with E-state index < -0.39 is 5.97 Å². The van der Waals surface area contributed by atoms with Crippen molar-refractivity contribution in [2.75, 3.05) is 33.3 Å². The summed E-state index contributed by atoms with van der Waals surface area (Å²) in [4.78, 5) is 26.6. The average Bonchev–Trinajstić information content (AvgIpc) is 2.99. The lowest BCUT2D eigenvalue weighted by molar-refractivity contribution is -0.145. The van der Waals surface area contributed by atoms with Gasteiger partial charge < -0.3 is 14.7 Å². The molecule has 6 heteroatoms. The van der Waals surface area contributed by atoms with E-state index in [2.05, 4.69) is 11.0 Å². The second kappa shape index (κ2) is 7.56. The van der Waals surface area contributed by atoms with Crippen LogP contribution in [0.1, 0.15) is 32.1 Å². The SMILES string of the molecule is CN(C(=O)CN1CCC(OCC(=O)O)CC1)C1=CCCC1. The van der Waals surface area contributed by atoms with E-state index >= 15 is 0 Å². The highest BCUT2D eigenvalue weighted by molar-refractivity contribution is 5.79. The van der Waals surface area contributed by atoms with Gasteiger partial charge in [-0.1, -0.05) is 6.08 Å². The largest absolute Gasteiger partial charge is 0.480 e. The van der Waals surface area contributed by atoms with Gasteiger partial charge in [-0.25, -0.2) is 4.79 Å². The Balaban J connectivity index is 1.70. The Kier molecular flexibility index (Phi) is 5.76. The minimum Gasteiger partial charge on any atom is -0.480 e. The quantitative estimate of drug-likeness (QED) is 0.794. The van der Waals surface area contributed by atoms with Crippen molar-refractivity contribution in [2.24, 2.45) is 0 Å². The summed E-state index contributed by atoms with van der Waals surface area (Å²) < 4.78 is 5.30. The highest BCUT2D eigenvalue weighted by Gasteiger charge is 2.24. The number of allylic oxidation sites excluding steroid dienone is 2. The molecule has 0 aromatic carbocycles. The van der Waals surface area contributed by atoms with E-state index in [1.165, 1.54) is 0 Å². The molecule has 118 valence electrons. The van der Waals surface area contributed by atoms with Crippen molar-refractivity contribution in [3.8, 4) is 0 Å². The van der Waals surface area contributed by atoms with Crippen LogP contribution in [-0.4, -0.2) is 66.2 Å². The summed E-state index contributed by atoms with van der Waals surface area (Å²) in [5.74, 6) is -0.799. The first kappa shape index (κ1) is 16.0. The van der Waals surface area contributed by atoms with Gasteiger partial charge in [0.15, 0.2) is 0 Å². The van der Waals surface area contributed by atoms with Crippen molar-refractivity contribution in [1.29, 1.82) is 0 Å². The molecule has 1 saturated heterocycles. The van der Waals surface area contributed by atoms with Gasteiger partial charge in [0, 0.05) is 25.8 Å². The van der Waals surface area contributed by atoms with Crippen LogP contribution in [0.25, 0.3) is 0 Å². The first-order valence-corrected chi connectivity index (χ1v) is 7.57. The number of piperidine rings is 1. The highest BCUT2D eigenvalue weighted by atomic mass is 16.5. The fourth-order valence-corrected chi connectivity index (χ4v) is 2.84. The van der Waals surface area contributed by atoms with E-state index in [1.54, 1.807) is 4.90 Å². The zero-order chi connectivity index (χ0) is 15.2. The molecule has 6 nitrogen and oxygen atoms in total. The number of aliphatic carboxylic acids is 1. The van der Waals surface area contributed by atoms with Gasteiger partial charge in [0.25, 0.3) is 0 Å². The lowest BCUT2D eigenvalue weighted by Gasteiger charge is -2.32. The molecule has 1 aliphatic carbocycles. The zero-order valence-electron chi connectivity index (χ0n) is 12.6. The Morgan fingerprint density at radius 2 is 2.14 bits per heavy atom. The smallest absolute Gasteiger partial charge is 0.329 e. The molecule has 1 fully saturated rings. The van der Waals surface area contributed by atoms with Crippen molar-refractivity contribution in [3.05, 3.63) is 11.8 Å². The maximum Gasteiger partial charge on any atom is 0.329 e. The van der Waals surface area contributed by atoms with Gasteiger partial charge in [0.2, 0.25) is 5.91 Å². The predicted octanol–water partition coefficient (Wildman–Crippen LogP) is 1.08. The predicted molar refractivity (Wildman–Crippen MR) is 77.8 cm³/mol. The molecule has 0 aromatic rings. The third-order valence-electron chi connectivity index (χ3n) is 4.16. The summed E-state index contributed by atoms with van der Waals surface area (Å²) in [6.07, 6.45) is 6.91. The first-order valence-electron chi connectivity index (χ1n) is 7.57. The third-order valence-corrected chi connectivity index (χ3v) is 4.16. The maximum absolute atomic E-state index is 12.2. The second-order valence-electron chi connectivity index (χ2n) is 5.72. The number of rotatable bonds is 6. The van der Waals surface area contributed by atoms with Crippen LogP contribution in [0.4, 0.5) is 0 Å². The number of ether oxygens (including phenoxy) is 1. The Hall–Kier alpha value is -1.40. The molecule has 2 aliphatic rings. The van der Waals surface area contributed by atoms with Gasteiger partial charge in [0.05, 0.1) is 12.6 Å². The number of likely N-dealkylation sites (tertiary alicyclic amines) is 1. The Labute approximate surface area is 125 Å². The van der Waals surface area contributed by atoms with E-state index in [0.29, 0.717) is 6.54 Å². The summed E-state index contributed by atoms with van der Waals surface area (Å²) in [5, 5.41) is 8.59. The molecule has 0 saturated carbocycles. The van der Waals surface area contributed by atoms with Crippen LogP contribution in [0.5, 0.6) is 0 Å². The van der Waals surface area contributed by atoms with Crippen LogP contribution in [0.15, 0.2) is 11.8 Å². The van der Waals surface area contributed by atoms with Crippen LogP contribution in [-0.2, 0) is 14.3 Å². The fourth-order valence-electron chi connectivity index (χ4n) is 2.84. The zero-order valence-corrected chi connectivity index (χ0v) is 12.6. The number of carboxylic acid groups (broad SMARTS) is 1. The molecule has 1 heterocycles. The summed E-state index contributed by atoms with van der Waals surface area (Å²) >= 11 is 0. The third kappa shape index (κ3) is 4.82. The number of amides is 1. The minimum atomic E-state index is -0.931. The van der Waals surface area contributed by atoms with E-state index in [0.717, 1.165) is 50.9 Å². The van der Waals surface area contributed by atoms with E-state index in [1.807, 2.05) is 7.05 Å². The molecule has 0 unspecified atom stereocenters. The summed E-state index contributed by atoms with van der Waals surface area (Å²) in [6.45, 7) is 1.76. The van der Waals surface area contributed by atoms with Crippen molar-refractivity contribution in [1.82, 2.24) is 9.80 Å². The van der Waals surface area contributed by atoms with E-state index in [-0.39, 0.29) is 18.6 Å². The molecule has 0 atom stereocenters. The Bertz CT molecular complexity index is 414. The number of carboxylic acids is 1. The van der Waals surface area contributed by atoms with Crippen LogP contribution in [0.2, 0.25) is 0 Å². The van der Waals surface area contributed by atoms with Crippen LogP contribution in [0, 0.1) is 0 Å². The van der Waals surface area contributed by atoms with Gasteiger partial charge >= 0.3 is 5.97 Å². The molecule has 0 aromatic heterocycles. The number of hydrogen-bond acceptors (Lipinski definition) is 4. The molecule has 0 bridgehead atoms. The van der Waals surface area contributed by atoms with Crippen molar-refractivity contribution in [3.63, 3.8) is 0 Å². The average molecular weight is 296 g/mol. The summed E-state index contributed by atoms with van der Waals surface area (Å²) in [6, 6.07) is 0. The molecular weight excluding hydrogens is 272 g/mol. The Morgan fingerprint density at radius 3 is 2.71 bits per heavy atom. The van der Waals surface area contributed by atoms with Crippen molar-refractivity contribution >= 4 is 11.9 Å². The molecule has 1 aliphatic heterocycles. The van der Waals surface area contributed by atoms with Gasteiger partial charge in [-0.2, -0.15) is 0 Å². The van der Waals surface area contributed by atoms with Crippen molar-refractivity contribution in [2.45, 2.75) is 38.2 Å². The first-order chi connectivity index (χ1) is 10.1. The number of hydrogen-bond donors (Lipinski definition) is 1. The van der Waals surface area contributed by atoms with Gasteiger partial charge in [-0.05, 0) is 32.1 Å². The fraction of sp³-hybridized carbons (Fsp3) is 0.733. The minimum absolute atomic E-state index is 0.00252. The lowest BCUT2D eigenvalue weighted by atomic mass is 10.1. The van der Waals surface area contributed by atoms with Gasteiger partial charge in [-0.3, -0.25) is 9.69 Å². The molecule has 2 rings (SSSR count). The number of nitrogens with zero attached hydrogens (tertiary/aromatic N) is 2. The van der Waals surface area contributed by atoms with Crippen LogP contribution < -0.4 is 0 Å². The van der Waals surface area contributed by atoms with E-state index in [4.69, 9.17) is 9.84 Å². The molecular formula is C15H24N2O4. The topological polar surface area (TPSA) is 70.1 Å². The number of carbonyl (C=O) groups excluding carboxylic acids is 1. The summed E-state index contributed by atoms with van der Waals surface area (Å²) in [5.41, 5.74) is 1.14. The molecule has 1 amide bonds. The van der Waals surface area contributed by atoms with Gasteiger partial charge in [0.1, 0.15) is 6.61 Å². The monoisotopic (exact) mass is 296 g/mol. The van der Waals surface area contributed by atoms with E-state index in [9.17, 15) is 9.59 Å². The van der Waals surface area contributed by atoms with Gasteiger partial charge in [-0.15, -0.1) is 0 Å². The Morgan fingerprint density at radius 1 is 1.43 bits per heavy atom. The molecule has 21 heavy (non-hydrogen) atoms. The van der Waals surface area contributed by atoms with Crippen LogP contribution in [0.3, 0.4) is 0 Å². The standard InChI is InChI=1S/C15H24N2O4/c1-16(12-4-2-3-5-12)14(18)10-17-8-6-13(7-9-17)21-11-15(19)20/h4,13H,2-3,5-11H2,1H3,(H,19,20). The molecule has 1 N–H and O–H groups in total. The molecule has 0 radical (unpaired) electrons. The lowest BCUT2D eigenvalue weighted by Crippen LogP contribution is -2.43. The summed E-state index contributed by atoms with van der Waals surface area (Å²) in [7, 11) is 1.85. The molecule has 0 spiro atoms. The van der Waals surface area contributed by atoms with Crippen molar-refractivity contribution < 1.29 is 19.4 Å². The highest BCUT2D eigenvalue weighted by Crippen LogP contribution is 2.21.